The first-order chi connectivity index (χ1) is 17.0. The molecule has 0 radical (unpaired) electrons. The largest absolute Gasteiger partial charge is 0.497 e. The highest BCUT2D eigenvalue weighted by Crippen LogP contribution is 2.35. The van der Waals surface area contributed by atoms with Gasteiger partial charge < -0.3 is 14.7 Å². The minimum absolute atomic E-state index is 0.0291. The maximum Gasteiger partial charge on any atom is 0.308 e. The van der Waals surface area contributed by atoms with E-state index >= 15 is 4.39 Å². The van der Waals surface area contributed by atoms with Crippen LogP contribution in [0.25, 0.3) is 10.9 Å². The number of rotatable bonds is 11. The van der Waals surface area contributed by atoms with Crippen LogP contribution >= 0.6 is 11.8 Å². The van der Waals surface area contributed by atoms with Crippen molar-refractivity contribution in [3.05, 3.63) is 54.4 Å². The smallest absolute Gasteiger partial charge is 0.308 e. The first-order valence-electron chi connectivity index (χ1n) is 12.0. The summed E-state index contributed by atoms with van der Waals surface area (Å²) in [6, 6.07) is 11.0. The molecule has 1 N–H and O–H groups in total. The molecule has 0 bridgehead atoms. The molecule has 0 amide bonds. The lowest BCUT2D eigenvalue weighted by molar-refractivity contribution is -0.146. The number of ether oxygens (including phenoxy) is 1. The molecule has 1 aliphatic heterocycles. The fourth-order valence-corrected chi connectivity index (χ4v) is 5.55. The maximum absolute atomic E-state index is 15.4. The number of aliphatic carboxylic acids is 1. The summed E-state index contributed by atoms with van der Waals surface area (Å²) < 4.78 is 20.7. The van der Waals surface area contributed by atoms with Crippen molar-refractivity contribution in [3.63, 3.8) is 0 Å². The number of thioether (sulfide) groups is 1. The summed E-state index contributed by atoms with van der Waals surface area (Å²) in [4.78, 5) is 18.6. The second-order valence-electron chi connectivity index (χ2n) is 8.89. The van der Waals surface area contributed by atoms with Crippen molar-refractivity contribution >= 4 is 28.6 Å². The van der Waals surface area contributed by atoms with E-state index in [2.05, 4.69) is 20.1 Å². The average molecular weight is 499 g/mol. The highest BCUT2D eigenvalue weighted by atomic mass is 32.2. The summed E-state index contributed by atoms with van der Waals surface area (Å²) >= 11 is 1.66. The summed E-state index contributed by atoms with van der Waals surface area (Å²) in [5.41, 5.74) is 1.30. The average Bonchev–Trinajstić information content (AvgIpc) is 2.89. The van der Waals surface area contributed by atoms with Crippen LogP contribution in [0.4, 0.5) is 4.39 Å². The maximum atomic E-state index is 15.4. The number of carboxylic acids is 1. The first-order valence-corrected chi connectivity index (χ1v) is 13.0. The van der Waals surface area contributed by atoms with E-state index in [1.807, 2.05) is 30.3 Å². The molecule has 9 heteroatoms. The molecule has 7 nitrogen and oxygen atoms in total. The van der Waals surface area contributed by atoms with Gasteiger partial charge in [-0.15, -0.1) is 16.9 Å². The van der Waals surface area contributed by atoms with E-state index in [9.17, 15) is 9.90 Å². The van der Waals surface area contributed by atoms with Crippen LogP contribution in [0, 0.1) is 11.8 Å². The minimum atomic E-state index is -1.18. The number of halogens is 1. The fourth-order valence-electron chi connectivity index (χ4n) is 4.79. The Hall–Kier alpha value is -2.78. The van der Waals surface area contributed by atoms with Crippen molar-refractivity contribution in [2.24, 2.45) is 11.8 Å². The minimum Gasteiger partial charge on any atom is -0.497 e. The molecule has 0 unspecified atom stereocenters. The van der Waals surface area contributed by atoms with Gasteiger partial charge in [-0.05, 0) is 86.7 Å². The Balaban J connectivity index is 1.30. The van der Waals surface area contributed by atoms with E-state index in [1.165, 1.54) is 0 Å². The predicted octanol–water partition coefficient (Wildman–Crippen LogP) is 5.03. The van der Waals surface area contributed by atoms with Crippen LogP contribution in [0.1, 0.15) is 37.4 Å². The second kappa shape index (κ2) is 12.3. The van der Waals surface area contributed by atoms with Gasteiger partial charge in [0.25, 0.3) is 0 Å². The molecule has 0 spiro atoms. The van der Waals surface area contributed by atoms with Gasteiger partial charge >= 0.3 is 5.97 Å². The molecule has 3 atom stereocenters. The van der Waals surface area contributed by atoms with E-state index in [-0.39, 0.29) is 5.92 Å². The number of methoxy groups -OCH3 is 1. The van der Waals surface area contributed by atoms with Crippen LogP contribution in [-0.2, 0) is 4.79 Å². The Kier molecular flexibility index (Phi) is 8.87. The molecule has 2 aromatic heterocycles. The number of pyridine rings is 1. The number of alkyl halides is 1. The van der Waals surface area contributed by atoms with Gasteiger partial charge in [-0.1, -0.05) is 0 Å². The molecule has 1 fully saturated rings. The van der Waals surface area contributed by atoms with Gasteiger partial charge in [0.05, 0.1) is 18.5 Å². The van der Waals surface area contributed by atoms with Crippen molar-refractivity contribution in [2.45, 2.75) is 36.9 Å². The van der Waals surface area contributed by atoms with E-state index < -0.39 is 18.1 Å². The van der Waals surface area contributed by atoms with E-state index in [0.717, 1.165) is 47.6 Å². The van der Waals surface area contributed by atoms with Crippen LogP contribution in [0.15, 0.2) is 53.8 Å². The number of aromatic nitrogens is 3. The number of nitrogens with zero attached hydrogens (tertiary/aromatic N) is 4. The Morgan fingerprint density at radius 1 is 1.31 bits per heavy atom. The molecule has 0 aliphatic carbocycles. The van der Waals surface area contributed by atoms with Crippen molar-refractivity contribution in [1.29, 1.82) is 0 Å². The number of likely N-dealkylation sites (tertiary alicyclic amines) is 1. The summed E-state index contributed by atoms with van der Waals surface area (Å²) in [5.74, 6) is 0.275. The molecule has 1 saturated heterocycles. The third-order valence-corrected chi connectivity index (χ3v) is 7.69. The molecule has 3 heterocycles. The molecule has 0 saturated carbocycles. The van der Waals surface area contributed by atoms with Gasteiger partial charge in [0, 0.05) is 30.1 Å². The van der Waals surface area contributed by atoms with E-state index in [1.54, 1.807) is 37.3 Å². The van der Waals surface area contributed by atoms with Crippen molar-refractivity contribution in [1.82, 2.24) is 20.1 Å². The second-order valence-corrected chi connectivity index (χ2v) is 10.0. The SMILES string of the molecule is COc1ccc2nccc([C@@H](F)CC[C@@H]3CCN(CCCSc4cccnn4)C[C@@H]3C(=O)O)c2c1. The highest BCUT2D eigenvalue weighted by Gasteiger charge is 2.34. The quantitative estimate of drug-likeness (QED) is 0.291. The van der Waals surface area contributed by atoms with Gasteiger partial charge in [-0.2, -0.15) is 5.10 Å². The zero-order valence-electron chi connectivity index (χ0n) is 19.8. The van der Waals surface area contributed by atoms with Gasteiger partial charge in [-0.3, -0.25) is 9.78 Å². The normalized spacial score (nSPS) is 19.5. The van der Waals surface area contributed by atoms with Crippen LogP contribution in [0.5, 0.6) is 5.75 Å². The molecular formula is C26H31FN4O3S. The van der Waals surface area contributed by atoms with E-state index in [4.69, 9.17) is 4.74 Å². The number of hydrogen-bond acceptors (Lipinski definition) is 7. The molecule has 1 aromatic carbocycles. The van der Waals surface area contributed by atoms with Crippen LogP contribution < -0.4 is 4.74 Å². The van der Waals surface area contributed by atoms with Gasteiger partial charge in [0.2, 0.25) is 0 Å². The topological polar surface area (TPSA) is 88.4 Å². The summed E-state index contributed by atoms with van der Waals surface area (Å²) in [6.07, 6.45) is 4.65. The summed E-state index contributed by atoms with van der Waals surface area (Å²) in [5, 5.41) is 19.5. The third kappa shape index (κ3) is 6.67. The van der Waals surface area contributed by atoms with Crippen LogP contribution in [0.3, 0.4) is 0 Å². The standard InChI is InChI=1S/C26H31FN4O3S/c1-34-19-6-8-24-21(16-19)20(9-12-28-24)23(27)7-5-18-10-14-31(17-22(18)26(32)33)13-3-15-35-25-4-2-11-29-30-25/h2,4,6,8-9,11-12,16,18,22-23H,3,5,7,10,13-15,17H2,1H3,(H,32,33)/t18-,22+,23+/m1/s1. The van der Waals surface area contributed by atoms with Crippen LogP contribution in [-0.4, -0.2) is 63.7 Å². The van der Waals surface area contributed by atoms with E-state index in [0.29, 0.717) is 30.7 Å². The molecular weight excluding hydrogens is 467 g/mol. The number of carboxylic acid groups (broad SMARTS) is 1. The number of piperidine rings is 1. The van der Waals surface area contributed by atoms with Crippen LogP contribution in [0.2, 0.25) is 0 Å². The molecule has 35 heavy (non-hydrogen) atoms. The Labute approximate surface area is 209 Å². The zero-order valence-corrected chi connectivity index (χ0v) is 20.7. The number of fused-ring (bicyclic) bond motifs is 1. The zero-order chi connectivity index (χ0) is 24.6. The van der Waals surface area contributed by atoms with Crippen molar-refractivity contribution in [3.8, 4) is 5.75 Å². The number of carbonyl (C=O) groups is 1. The van der Waals surface area contributed by atoms with Crippen molar-refractivity contribution in [2.75, 3.05) is 32.5 Å². The third-order valence-electron chi connectivity index (χ3n) is 6.68. The summed E-state index contributed by atoms with van der Waals surface area (Å²) in [7, 11) is 1.58. The van der Waals surface area contributed by atoms with Gasteiger partial charge in [-0.25, -0.2) is 4.39 Å². The molecule has 186 valence electrons. The lowest BCUT2D eigenvalue weighted by Gasteiger charge is -2.36. The van der Waals surface area contributed by atoms with Crippen molar-refractivity contribution < 1.29 is 19.0 Å². The lowest BCUT2D eigenvalue weighted by atomic mass is 9.81. The number of hydrogen-bond donors (Lipinski definition) is 1. The fraction of sp³-hybridized carbons (Fsp3) is 0.462. The van der Waals surface area contributed by atoms with Gasteiger partial charge in [0.1, 0.15) is 16.9 Å². The Morgan fingerprint density at radius 3 is 2.97 bits per heavy atom. The number of benzene rings is 1. The first kappa shape index (κ1) is 25.3. The highest BCUT2D eigenvalue weighted by molar-refractivity contribution is 7.99. The molecule has 4 rings (SSSR count). The Bertz CT molecular complexity index is 1120. The molecule has 3 aromatic rings. The lowest BCUT2D eigenvalue weighted by Crippen LogP contribution is -2.44. The summed E-state index contributed by atoms with van der Waals surface area (Å²) in [6.45, 7) is 2.21. The van der Waals surface area contributed by atoms with Gasteiger partial charge in [0.15, 0.2) is 0 Å². The monoisotopic (exact) mass is 498 g/mol. The predicted molar refractivity (Wildman–Crippen MR) is 134 cm³/mol. The Morgan fingerprint density at radius 2 is 2.20 bits per heavy atom. The molecule has 1 aliphatic rings.